The molecule has 0 aromatic carbocycles. The first kappa shape index (κ1) is 14.2. The number of fused-ring (bicyclic) bond motifs is 1. The van der Waals surface area contributed by atoms with E-state index in [1.54, 1.807) is 0 Å². The number of esters is 2. The first-order valence-corrected chi connectivity index (χ1v) is 6.60. The maximum absolute atomic E-state index is 11.5. The monoisotopic (exact) mass is 295 g/mol. The minimum absolute atomic E-state index is 0.0897. The second-order valence-electron chi connectivity index (χ2n) is 3.85. The Kier molecular flexibility index (Phi) is 4.46. The van der Waals surface area contributed by atoms with Gasteiger partial charge in [0.05, 0.1) is 19.6 Å². The molecule has 0 N–H and O–H groups in total. The predicted octanol–water partition coefficient (Wildman–Crippen LogP) is 0.844. The van der Waals surface area contributed by atoms with Gasteiger partial charge in [-0.1, -0.05) is 0 Å². The molecule has 2 rings (SSSR count). The van der Waals surface area contributed by atoms with E-state index in [0.29, 0.717) is 5.82 Å². The molecule has 0 amide bonds. The van der Waals surface area contributed by atoms with Gasteiger partial charge in [0, 0.05) is 0 Å². The normalized spacial score (nSPS) is 10.3. The van der Waals surface area contributed by atoms with Gasteiger partial charge in [-0.15, -0.1) is 11.3 Å². The van der Waals surface area contributed by atoms with E-state index >= 15 is 0 Å². The molecule has 0 spiro atoms. The molecule has 0 aliphatic carbocycles. The zero-order valence-corrected chi connectivity index (χ0v) is 11.8. The number of methoxy groups -OCH3 is 2. The van der Waals surface area contributed by atoms with Gasteiger partial charge in [0.25, 0.3) is 0 Å². The van der Waals surface area contributed by atoms with Crippen LogP contribution in [0.4, 0.5) is 5.82 Å². The number of hydrogen-bond donors (Lipinski definition) is 0. The standard InChI is InChI=1S/C12H13N3O4S/c1-18-9(16)5-15(6-10(17)19-2)11-8-3-4-20-12(8)14-7-13-11/h3-4,7H,5-6H2,1-2H3. The van der Waals surface area contributed by atoms with Gasteiger partial charge in [0.15, 0.2) is 0 Å². The fourth-order valence-electron chi connectivity index (χ4n) is 1.68. The molecule has 0 aliphatic heterocycles. The third-order valence-corrected chi connectivity index (χ3v) is 3.46. The Labute approximate surface area is 119 Å². The van der Waals surface area contributed by atoms with Gasteiger partial charge in [0.2, 0.25) is 0 Å². The molecule has 8 heteroatoms. The lowest BCUT2D eigenvalue weighted by atomic mass is 10.3. The zero-order valence-electron chi connectivity index (χ0n) is 11.0. The molecular formula is C12H13N3O4S. The summed E-state index contributed by atoms with van der Waals surface area (Å²) < 4.78 is 9.27. The molecular weight excluding hydrogens is 282 g/mol. The third kappa shape index (κ3) is 3.02. The number of carbonyl (C=O) groups is 2. The van der Waals surface area contributed by atoms with Gasteiger partial charge in [0.1, 0.15) is 30.1 Å². The Morgan fingerprint density at radius 2 is 1.85 bits per heavy atom. The maximum Gasteiger partial charge on any atom is 0.325 e. The van der Waals surface area contributed by atoms with Crippen molar-refractivity contribution in [1.29, 1.82) is 0 Å². The highest BCUT2D eigenvalue weighted by Crippen LogP contribution is 2.26. The van der Waals surface area contributed by atoms with Crippen molar-refractivity contribution in [3.63, 3.8) is 0 Å². The number of nitrogens with zero attached hydrogens (tertiary/aromatic N) is 3. The van der Waals surface area contributed by atoms with Crippen LogP contribution in [0.25, 0.3) is 10.2 Å². The lowest BCUT2D eigenvalue weighted by Crippen LogP contribution is -2.36. The van der Waals surface area contributed by atoms with Gasteiger partial charge >= 0.3 is 11.9 Å². The summed E-state index contributed by atoms with van der Waals surface area (Å²) in [5.41, 5.74) is 0. The maximum atomic E-state index is 11.5. The van der Waals surface area contributed by atoms with Gasteiger partial charge in [-0.25, -0.2) is 9.97 Å². The molecule has 0 bridgehead atoms. The van der Waals surface area contributed by atoms with Gasteiger partial charge in [-0.2, -0.15) is 0 Å². The average molecular weight is 295 g/mol. The smallest absolute Gasteiger partial charge is 0.325 e. The molecule has 0 saturated carbocycles. The number of anilines is 1. The van der Waals surface area contributed by atoms with E-state index in [2.05, 4.69) is 19.4 Å². The first-order chi connectivity index (χ1) is 9.65. The summed E-state index contributed by atoms with van der Waals surface area (Å²) in [6, 6.07) is 1.84. The highest BCUT2D eigenvalue weighted by Gasteiger charge is 2.19. The summed E-state index contributed by atoms with van der Waals surface area (Å²) in [4.78, 5) is 33.6. The highest BCUT2D eigenvalue weighted by molar-refractivity contribution is 7.16. The minimum atomic E-state index is -0.462. The Hall–Kier alpha value is -2.22. The van der Waals surface area contributed by atoms with Crippen molar-refractivity contribution >= 4 is 39.3 Å². The number of thiophene rings is 1. The predicted molar refractivity (Wildman–Crippen MR) is 73.7 cm³/mol. The Morgan fingerprint density at radius 3 is 2.45 bits per heavy atom. The molecule has 0 radical (unpaired) electrons. The van der Waals surface area contributed by atoms with Crippen LogP contribution in [-0.2, 0) is 19.1 Å². The number of aromatic nitrogens is 2. The van der Waals surface area contributed by atoms with Crippen molar-refractivity contribution in [2.45, 2.75) is 0 Å². The van der Waals surface area contributed by atoms with Crippen LogP contribution in [0.3, 0.4) is 0 Å². The van der Waals surface area contributed by atoms with Crippen molar-refractivity contribution in [3.8, 4) is 0 Å². The van der Waals surface area contributed by atoms with Crippen LogP contribution in [0.5, 0.6) is 0 Å². The molecule has 0 unspecified atom stereocenters. The third-order valence-electron chi connectivity index (χ3n) is 2.64. The summed E-state index contributed by atoms with van der Waals surface area (Å²) in [6.07, 6.45) is 1.40. The fraction of sp³-hybridized carbons (Fsp3) is 0.333. The van der Waals surface area contributed by atoms with Gasteiger partial charge in [-0.05, 0) is 11.4 Å². The van der Waals surface area contributed by atoms with Gasteiger partial charge < -0.3 is 14.4 Å². The van der Waals surface area contributed by atoms with E-state index in [9.17, 15) is 9.59 Å². The van der Waals surface area contributed by atoms with Crippen molar-refractivity contribution in [1.82, 2.24) is 9.97 Å². The minimum Gasteiger partial charge on any atom is -0.468 e. The lowest BCUT2D eigenvalue weighted by molar-refractivity contribution is -0.140. The van der Waals surface area contributed by atoms with Crippen LogP contribution in [0.2, 0.25) is 0 Å². The number of ether oxygens (including phenoxy) is 2. The van der Waals surface area contributed by atoms with Crippen LogP contribution in [-0.4, -0.2) is 49.2 Å². The molecule has 106 valence electrons. The molecule has 0 aliphatic rings. The number of hydrogen-bond acceptors (Lipinski definition) is 8. The second kappa shape index (κ2) is 6.29. The molecule has 0 fully saturated rings. The Morgan fingerprint density at radius 1 is 1.20 bits per heavy atom. The van der Waals surface area contributed by atoms with E-state index in [0.717, 1.165) is 10.2 Å². The molecule has 2 heterocycles. The van der Waals surface area contributed by atoms with Crippen LogP contribution < -0.4 is 4.90 Å². The quantitative estimate of drug-likeness (QED) is 0.756. The van der Waals surface area contributed by atoms with Crippen LogP contribution >= 0.6 is 11.3 Å². The van der Waals surface area contributed by atoms with E-state index in [1.807, 2.05) is 11.4 Å². The van der Waals surface area contributed by atoms with E-state index < -0.39 is 11.9 Å². The van der Waals surface area contributed by atoms with Crippen molar-refractivity contribution in [2.24, 2.45) is 0 Å². The topological polar surface area (TPSA) is 81.6 Å². The molecule has 2 aromatic heterocycles. The molecule has 20 heavy (non-hydrogen) atoms. The highest BCUT2D eigenvalue weighted by atomic mass is 32.1. The van der Waals surface area contributed by atoms with E-state index in [1.165, 1.54) is 36.8 Å². The van der Waals surface area contributed by atoms with Gasteiger partial charge in [-0.3, -0.25) is 9.59 Å². The fourth-order valence-corrected chi connectivity index (χ4v) is 2.40. The summed E-state index contributed by atoms with van der Waals surface area (Å²) in [5, 5.41) is 2.66. The lowest BCUT2D eigenvalue weighted by Gasteiger charge is -2.21. The van der Waals surface area contributed by atoms with Crippen LogP contribution in [0.1, 0.15) is 0 Å². The molecule has 0 atom stereocenters. The summed E-state index contributed by atoms with van der Waals surface area (Å²) in [6.45, 7) is -0.179. The van der Waals surface area contributed by atoms with Crippen LogP contribution in [0, 0.1) is 0 Å². The summed E-state index contributed by atoms with van der Waals surface area (Å²) in [7, 11) is 2.58. The SMILES string of the molecule is COC(=O)CN(CC(=O)OC)c1ncnc2sccc12. The largest absolute Gasteiger partial charge is 0.468 e. The number of carbonyl (C=O) groups excluding carboxylic acids is 2. The second-order valence-corrected chi connectivity index (χ2v) is 4.74. The molecule has 7 nitrogen and oxygen atoms in total. The van der Waals surface area contributed by atoms with E-state index in [-0.39, 0.29) is 13.1 Å². The van der Waals surface area contributed by atoms with Crippen molar-refractivity contribution < 1.29 is 19.1 Å². The van der Waals surface area contributed by atoms with E-state index in [4.69, 9.17) is 0 Å². The van der Waals surface area contributed by atoms with Crippen LogP contribution in [0.15, 0.2) is 17.8 Å². The summed E-state index contributed by atoms with van der Waals surface area (Å²) >= 11 is 1.46. The average Bonchev–Trinajstić information content (AvgIpc) is 2.94. The Balaban J connectivity index is 2.36. The first-order valence-electron chi connectivity index (χ1n) is 5.72. The zero-order chi connectivity index (χ0) is 14.5. The van der Waals surface area contributed by atoms with Crippen molar-refractivity contribution in [3.05, 3.63) is 17.8 Å². The Bertz CT molecular complexity index is 610. The van der Waals surface area contributed by atoms with Crippen molar-refractivity contribution in [2.75, 3.05) is 32.2 Å². The summed E-state index contributed by atoms with van der Waals surface area (Å²) in [5.74, 6) is -0.418. The number of rotatable bonds is 5. The molecule has 0 saturated heterocycles. The molecule has 2 aromatic rings.